The number of alkyl halides is 3. The highest BCUT2D eigenvalue weighted by Crippen LogP contribution is 2.33. The highest BCUT2D eigenvalue weighted by atomic mass is 32.2. The minimum Gasteiger partial charge on any atom is -0.406 e. The molecule has 0 radical (unpaired) electrons. The van der Waals surface area contributed by atoms with E-state index in [1.54, 1.807) is 0 Å². The lowest BCUT2D eigenvalue weighted by Gasteiger charge is -2.33. The SMILES string of the molecule is Cc1cc(C)c(-c2csc(N3CCN(S(=O)(=O)c4ccc(OC(F)(F)F)cc4)CC3)n2)c(C)c1. The number of hydrogen-bond donors (Lipinski definition) is 0. The van der Waals surface area contributed by atoms with Crippen LogP contribution in [0.2, 0.25) is 0 Å². The third-order valence-corrected chi connectivity index (χ3v) is 8.44. The standard InChI is InChI=1S/C23H24F3N3O3S2/c1-15-12-16(2)21(17(3)13-15)20-14-33-22(27-20)28-8-10-29(11-9-28)34(30,31)19-6-4-18(5-7-19)32-23(24,25)26/h4-7,12-14H,8-11H2,1-3H3. The first kappa shape index (κ1) is 24.5. The summed E-state index contributed by atoms with van der Waals surface area (Å²) in [6.07, 6.45) is -4.83. The molecule has 2 aromatic carbocycles. The van der Waals surface area contributed by atoms with E-state index in [9.17, 15) is 21.6 Å². The van der Waals surface area contributed by atoms with Gasteiger partial charge in [-0.05, 0) is 56.2 Å². The van der Waals surface area contributed by atoms with Crippen molar-refractivity contribution in [1.82, 2.24) is 9.29 Å². The number of rotatable bonds is 5. The fourth-order valence-corrected chi connectivity index (χ4v) is 6.48. The van der Waals surface area contributed by atoms with E-state index >= 15 is 0 Å². The molecule has 0 atom stereocenters. The first-order valence-corrected chi connectivity index (χ1v) is 12.9. The molecule has 1 saturated heterocycles. The van der Waals surface area contributed by atoms with Gasteiger partial charge in [-0.2, -0.15) is 4.31 Å². The molecular weight excluding hydrogens is 487 g/mol. The van der Waals surface area contributed by atoms with E-state index in [1.165, 1.54) is 21.2 Å². The first-order chi connectivity index (χ1) is 15.9. The van der Waals surface area contributed by atoms with Crippen LogP contribution in [0.1, 0.15) is 16.7 Å². The van der Waals surface area contributed by atoms with Crippen molar-refractivity contribution < 1.29 is 26.3 Å². The van der Waals surface area contributed by atoms with Gasteiger partial charge in [0.05, 0.1) is 10.6 Å². The van der Waals surface area contributed by atoms with E-state index in [-0.39, 0.29) is 18.0 Å². The number of thiazole rings is 1. The molecule has 0 N–H and O–H groups in total. The number of piperazine rings is 1. The third-order valence-electron chi connectivity index (χ3n) is 5.63. The van der Waals surface area contributed by atoms with Crippen molar-refractivity contribution in [2.45, 2.75) is 32.0 Å². The minimum atomic E-state index is -4.83. The second-order valence-corrected chi connectivity index (χ2v) is 11.0. The Morgan fingerprint density at radius 3 is 2.12 bits per heavy atom. The normalized spacial score (nSPS) is 15.5. The second-order valence-electron chi connectivity index (χ2n) is 8.20. The van der Waals surface area contributed by atoms with Gasteiger partial charge in [0.2, 0.25) is 10.0 Å². The molecule has 0 amide bonds. The van der Waals surface area contributed by atoms with Gasteiger partial charge in [0, 0.05) is 37.1 Å². The van der Waals surface area contributed by atoms with Gasteiger partial charge in [0.15, 0.2) is 5.13 Å². The summed E-state index contributed by atoms with van der Waals surface area (Å²) in [5, 5.41) is 2.85. The Balaban J connectivity index is 1.44. The van der Waals surface area contributed by atoms with Crippen molar-refractivity contribution in [1.29, 1.82) is 0 Å². The molecule has 1 fully saturated rings. The number of aromatic nitrogens is 1. The highest BCUT2D eigenvalue weighted by molar-refractivity contribution is 7.89. The molecule has 1 aliphatic rings. The molecule has 182 valence electrons. The monoisotopic (exact) mass is 511 g/mol. The molecule has 0 spiro atoms. The van der Waals surface area contributed by atoms with Crippen LogP contribution in [0.25, 0.3) is 11.3 Å². The summed E-state index contributed by atoms with van der Waals surface area (Å²) >= 11 is 1.52. The van der Waals surface area contributed by atoms with Crippen LogP contribution >= 0.6 is 11.3 Å². The predicted molar refractivity (Wildman–Crippen MR) is 126 cm³/mol. The molecule has 1 aliphatic heterocycles. The first-order valence-electron chi connectivity index (χ1n) is 10.6. The quantitative estimate of drug-likeness (QED) is 0.475. The number of sulfonamides is 1. The molecule has 0 aliphatic carbocycles. The minimum absolute atomic E-state index is 0.0719. The van der Waals surface area contributed by atoms with Crippen molar-refractivity contribution in [3.05, 3.63) is 58.5 Å². The zero-order valence-electron chi connectivity index (χ0n) is 18.9. The number of nitrogens with zero attached hydrogens (tertiary/aromatic N) is 3. The molecule has 11 heteroatoms. The number of halogens is 3. The zero-order chi connectivity index (χ0) is 24.7. The Bertz CT molecular complexity index is 1260. The summed E-state index contributed by atoms with van der Waals surface area (Å²) in [7, 11) is -3.83. The Morgan fingerprint density at radius 1 is 0.971 bits per heavy atom. The zero-order valence-corrected chi connectivity index (χ0v) is 20.5. The van der Waals surface area contributed by atoms with Crippen molar-refractivity contribution in [2.24, 2.45) is 0 Å². The maximum Gasteiger partial charge on any atom is 0.573 e. The van der Waals surface area contributed by atoms with E-state index in [0.717, 1.165) is 51.8 Å². The van der Waals surface area contributed by atoms with Crippen molar-refractivity contribution in [3.8, 4) is 17.0 Å². The molecule has 1 aromatic heterocycles. The highest BCUT2D eigenvalue weighted by Gasteiger charge is 2.32. The molecular formula is C23H24F3N3O3S2. The molecule has 4 rings (SSSR count). The summed E-state index contributed by atoms with van der Waals surface area (Å²) in [4.78, 5) is 6.79. The molecule has 0 saturated carbocycles. The van der Waals surface area contributed by atoms with Gasteiger partial charge in [0.1, 0.15) is 5.75 Å². The second kappa shape index (κ2) is 9.20. The summed E-state index contributed by atoms with van der Waals surface area (Å²) < 4.78 is 68.1. The lowest BCUT2D eigenvalue weighted by Crippen LogP contribution is -2.48. The van der Waals surface area contributed by atoms with Crippen LogP contribution in [0.4, 0.5) is 18.3 Å². The molecule has 0 unspecified atom stereocenters. The Morgan fingerprint density at radius 2 is 1.56 bits per heavy atom. The maximum atomic E-state index is 12.9. The van der Waals surface area contributed by atoms with E-state index in [1.807, 2.05) is 5.38 Å². The summed E-state index contributed by atoms with van der Waals surface area (Å²) in [5.74, 6) is -0.463. The van der Waals surface area contributed by atoms with Crippen LogP contribution in [0.5, 0.6) is 5.75 Å². The number of anilines is 1. The van der Waals surface area contributed by atoms with Gasteiger partial charge < -0.3 is 9.64 Å². The number of benzene rings is 2. The fraction of sp³-hybridized carbons (Fsp3) is 0.348. The van der Waals surface area contributed by atoms with Crippen LogP contribution in [-0.4, -0.2) is 50.2 Å². The largest absolute Gasteiger partial charge is 0.573 e. The average Bonchev–Trinajstić information content (AvgIpc) is 3.22. The molecule has 34 heavy (non-hydrogen) atoms. The molecule has 2 heterocycles. The van der Waals surface area contributed by atoms with Crippen molar-refractivity contribution in [2.75, 3.05) is 31.1 Å². The van der Waals surface area contributed by atoms with E-state index in [2.05, 4.69) is 42.5 Å². The molecule has 3 aromatic rings. The Labute approximate surface area is 200 Å². The van der Waals surface area contributed by atoms with Gasteiger partial charge in [-0.25, -0.2) is 13.4 Å². The predicted octanol–water partition coefficient (Wildman–Crippen LogP) is 5.14. The smallest absolute Gasteiger partial charge is 0.406 e. The van der Waals surface area contributed by atoms with E-state index in [4.69, 9.17) is 4.98 Å². The van der Waals surface area contributed by atoms with Crippen LogP contribution in [0.15, 0.2) is 46.7 Å². The number of hydrogen-bond acceptors (Lipinski definition) is 6. The number of aryl methyl sites for hydroxylation is 3. The van der Waals surface area contributed by atoms with Gasteiger partial charge in [-0.15, -0.1) is 24.5 Å². The van der Waals surface area contributed by atoms with Crippen LogP contribution in [-0.2, 0) is 10.0 Å². The van der Waals surface area contributed by atoms with E-state index < -0.39 is 22.1 Å². The molecule has 0 bridgehead atoms. The van der Waals surface area contributed by atoms with Crippen LogP contribution < -0.4 is 9.64 Å². The Kier molecular flexibility index (Phi) is 6.63. The van der Waals surface area contributed by atoms with Gasteiger partial charge >= 0.3 is 6.36 Å². The van der Waals surface area contributed by atoms with Gasteiger partial charge in [0.25, 0.3) is 0 Å². The van der Waals surface area contributed by atoms with Gasteiger partial charge in [-0.3, -0.25) is 0 Å². The topological polar surface area (TPSA) is 62.7 Å². The summed E-state index contributed by atoms with van der Waals surface area (Å²) in [5.41, 5.74) is 5.56. The van der Waals surface area contributed by atoms with E-state index in [0.29, 0.717) is 13.1 Å². The Hall–Kier alpha value is -2.63. The van der Waals surface area contributed by atoms with Gasteiger partial charge in [-0.1, -0.05) is 17.7 Å². The lowest BCUT2D eigenvalue weighted by atomic mass is 9.98. The lowest BCUT2D eigenvalue weighted by molar-refractivity contribution is -0.274. The van der Waals surface area contributed by atoms with Crippen LogP contribution in [0, 0.1) is 20.8 Å². The fourth-order valence-electron chi connectivity index (χ4n) is 4.19. The van der Waals surface area contributed by atoms with Crippen molar-refractivity contribution >= 4 is 26.5 Å². The maximum absolute atomic E-state index is 12.9. The third kappa shape index (κ3) is 5.21. The van der Waals surface area contributed by atoms with Crippen molar-refractivity contribution in [3.63, 3.8) is 0 Å². The summed E-state index contributed by atoms with van der Waals surface area (Å²) in [6.45, 7) is 7.63. The number of ether oxygens (including phenoxy) is 1. The average molecular weight is 512 g/mol. The summed E-state index contributed by atoms with van der Waals surface area (Å²) in [6, 6.07) is 8.52. The molecule has 6 nitrogen and oxygen atoms in total. The van der Waals surface area contributed by atoms with Crippen LogP contribution in [0.3, 0.4) is 0 Å².